The zero-order valence-corrected chi connectivity index (χ0v) is 17.9. The Morgan fingerprint density at radius 3 is 1.88 bits per heavy atom. The molecular weight excluding hydrogens is 438 g/mol. The van der Waals surface area contributed by atoms with Crippen molar-refractivity contribution in [2.75, 3.05) is 10.6 Å². The van der Waals surface area contributed by atoms with E-state index in [0.717, 1.165) is 5.56 Å². The van der Waals surface area contributed by atoms with Crippen LogP contribution in [-0.4, -0.2) is 21.6 Å². The smallest absolute Gasteiger partial charge is 0.261 e. The van der Waals surface area contributed by atoms with Gasteiger partial charge in [-0.3, -0.25) is 14.3 Å². The number of amides is 2. The van der Waals surface area contributed by atoms with Crippen molar-refractivity contribution < 1.29 is 18.4 Å². The fourth-order valence-electron chi connectivity index (χ4n) is 3.22. The van der Waals surface area contributed by atoms with Crippen molar-refractivity contribution in [3.05, 3.63) is 120 Å². The molecule has 0 atom stereocenters. The summed E-state index contributed by atoms with van der Waals surface area (Å²) in [6.07, 6.45) is 4.48. The quantitative estimate of drug-likeness (QED) is 0.236. The van der Waals surface area contributed by atoms with Crippen LogP contribution in [0.3, 0.4) is 0 Å². The summed E-state index contributed by atoms with van der Waals surface area (Å²) in [6.45, 7) is 0.493. The molecule has 0 saturated carbocycles. The highest BCUT2D eigenvalue weighted by Crippen LogP contribution is 2.18. The van der Waals surface area contributed by atoms with E-state index in [2.05, 4.69) is 15.7 Å². The first-order valence-corrected chi connectivity index (χ1v) is 10.4. The Bertz CT molecular complexity index is 1290. The maximum absolute atomic E-state index is 14.1. The molecule has 0 spiro atoms. The van der Waals surface area contributed by atoms with E-state index in [4.69, 9.17) is 0 Å². The molecule has 170 valence electrons. The van der Waals surface area contributed by atoms with Crippen molar-refractivity contribution in [1.82, 2.24) is 9.78 Å². The van der Waals surface area contributed by atoms with E-state index in [-0.39, 0.29) is 16.9 Å². The molecule has 0 radical (unpaired) electrons. The molecule has 0 aliphatic carbocycles. The Hall–Kier alpha value is -4.59. The third-order valence-electron chi connectivity index (χ3n) is 4.88. The lowest BCUT2D eigenvalue weighted by molar-refractivity contribution is -0.118. The third-order valence-corrected chi connectivity index (χ3v) is 4.88. The van der Waals surface area contributed by atoms with Crippen LogP contribution in [0.5, 0.6) is 0 Å². The van der Waals surface area contributed by atoms with E-state index in [0.29, 0.717) is 12.1 Å². The molecule has 2 N–H and O–H groups in total. The Labute approximate surface area is 194 Å². The van der Waals surface area contributed by atoms with Crippen molar-refractivity contribution in [2.45, 2.75) is 6.54 Å². The highest BCUT2D eigenvalue weighted by atomic mass is 19.1. The number of aromatic nitrogens is 2. The van der Waals surface area contributed by atoms with E-state index < -0.39 is 23.4 Å². The fourth-order valence-corrected chi connectivity index (χ4v) is 3.22. The minimum absolute atomic E-state index is 0.0862. The van der Waals surface area contributed by atoms with Crippen LogP contribution in [0.15, 0.2) is 96.8 Å². The van der Waals surface area contributed by atoms with Crippen molar-refractivity contribution in [3.8, 4) is 0 Å². The lowest BCUT2D eigenvalue weighted by Gasteiger charge is -2.11. The second kappa shape index (κ2) is 10.4. The van der Waals surface area contributed by atoms with Crippen LogP contribution in [0, 0.1) is 11.6 Å². The van der Waals surface area contributed by atoms with Crippen LogP contribution in [0.4, 0.5) is 20.2 Å². The number of carbonyl (C=O) groups excluding carboxylic acids is 2. The van der Waals surface area contributed by atoms with Gasteiger partial charge < -0.3 is 10.6 Å². The summed E-state index contributed by atoms with van der Waals surface area (Å²) in [5, 5.41) is 9.06. The van der Waals surface area contributed by atoms with Gasteiger partial charge in [-0.05, 0) is 35.9 Å². The molecule has 0 aliphatic heterocycles. The van der Waals surface area contributed by atoms with Crippen molar-refractivity contribution in [2.24, 2.45) is 0 Å². The number of hydrogen-bond acceptors (Lipinski definition) is 3. The number of benzene rings is 3. The average molecular weight is 458 g/mol. The van der Waals surface area contributed by atoms with Crippen molar-refractivity contribution in [3.63, 3.8) is 0 Å². The predicted molar refractivity (Wildman–Crippen MR) is 126 cm³/mol. The Balaban J connectivity index is 1.62. The van der Waals surface area contributed by atoms with E-state index in [1.807, 2.05) is 30.3 Å². The molecule has 1 aromatic heterocycles. The maximum Gasteiger partial charge on any atom is 0.261 e. The number of rotatable bonds is 7. The van der Waals surface area contributed by atoms with E-state index in [1.165, 1.54) is 48.7 Å². The molecule has 6 nitrogen and oxygen atoms in total. The maximum atomic E-state index is 14.1. The van der Waals surface area contributed by atoms with Crippen LogP contribution in [0.2, 0.25) is 0 Å². The summed E-state index contributed by atoms with van der Waals surface area (Å²) in [5.41, 5.74) is 0.980. The molecule has 0 bridgehead atoms. The summed E-state index contributed by atoms with van der Waals surface area (Å²) in [5.74, 6) is -3.01. The summed E-state index contributed by atoms with van der Waals surface area (Å²) in [7, 11) is 0. The van der Waals surface area contributed by atoms with Crippen LogP contribution in [-0.2, 0) is 16.1 Å². The number of halogens is 2. The standard InChI is InChI=1S/C26H20F2N4O2/c27-21-10-4-6-12-23(21)30-25(33)20(26(34)31-24-13-7-5-11-22(24)28)14-19-15-29-32(17-19)16-18-8-2-1-3-9-18/h1-15,17H,16H2,(H,30,33)(H,31,34). The monoisotopic (exact) mass is 458 g/mol. The SMILES string of the molecule is O=C(Nc1ccccc1F)C(=Cc1cnn(Cc2ccccc2)c1)C(=O)Nc1ccccc1F. The predicted octanol–water partition coefficient (Wildman–Crippen LogP) is 4.87. The minimum Gasteiger partial charge on any atom is -0.319 e. The van der Waals surface area contributed by atoms with E-state index >= 15 is 0 Å². The molecule has 0 saturated heterocycles. The lowest BCUT2D eigenvalue weighted by Crippen LogP contribution is -2.26. The van der Waals surface area contributed by atoms with Gasteiger partial charge in [0.2, 0.25) is 0 Å². The Morgan fingerprint density at radius 1 is 0.794 bits per heavy atom. The largest absolute Gasteiger partial charge is 0.319 e. The molecule has 8 heteroatoms. The van der Waals surface area contributed by atoms with Gasteiger partial charge in [0, 0.05) is 11.8 Å². The van der Waals surface area contributed by atoms with Gasteiger partial charge in [0.1, 0.15) is 17.2 Å². The van der Waals surface area contributed by atoms with Gasteiger partial charge in [-0.1, -0.05) is 54.6 Å². The average Bonchev–Trinajstić information content (AvgIpc) is 3.28. The first kappa shape index (κ1) is 22.6. The number of para-hydroxylation sites is 2. The highest BCUT2D eigenvalue weighted by molar-refractivity contribution is 6.28. The number of anilines is 2. The minimum atomic E-state index is -0.852. The molecule has 0 unspecified atom stereocenters. The molecule has 2 amide bonds. The van der Waals surface area contributed by atoms with Crippen LogP contribution in [0.1, 0.15) is 11.1 Å². The summed E-state index contributed by atoms with van der Waals surface area (Å²) in [6, 6.07) is 20.8. The zero-order valence-electron chi connectivity index (χ0n) is 17.9. The normalized spacial score (nSPS) is 10.4. The van der Waals surface area contributed by atoms with Gasteiger partial charge in [0.05, 0.1) is 24.1 Å². The Kier molecular flexibility index (Phi) is 6.88. The zero-order chi connectivity index (χ0) is 23.9. The molecule has 4 rings (SSSR count). The molecule has 4 aromatic rings. The molecule has 1 heterocycles. The van der Waals surface area contributed by atoms with Crippen LogP contribution < -0.4 is 10.6 Å². The van der Waals surface area contributed by atoms with Crippen molar-refractivity contribution in [1.29, 1.82) is 0 Å². The second-order valence-electron chi connectivity index (χ2n) is 7.38. The fraction of sp³-hybridized carbons (Fsp3) is 0.0385. The van der Waals surface area contributed by atoms with Gasteiger partial charge in [-0.15, -0.1) is 0 Å². The third kappa shape index (κ3) is 5.60. The van der Waals surface area contributed by atoms with Crippen LogP contribution >= 0.6 is 0 Å². The summed E-state index contributed by atoms with van der Waals surface area (Å²) < 4.78 is 29.8. The van der Waals surface area contributed by atoms with Gasteiger partial charge in [0.25, 0.3) is 11.8 Å². The van der Waals surface area contributed by atoms with Gasteiger partial charge in [-0.2, -0.15) is 5.10 Å². The lowest BCUT2D eigenvalue weighted by atomic mass is 10.1. The number of nitrogens with zero attached hydrogens (tertiary/aromatic N) is 2. The highest BCUT2D eigenvalue weighted by Gasteiger charge is 2.21. The van der Waals surface area contributed by atoms with Gasteiger partial charge in [-0.25, -0.2) is 8.78 Å². The van der Waals surface area contributed by atoms with Crippen molar-refractivity contribution >= 4 is 29.3 Å². The van der Waals surface area contributed by atoms with Gasteiger partial charge >= 0.3 is 0 Å². The number of carbonyl (C=O) groups is 2. The second-order valence-corrected chi connectivity index (χ2v) is 7.38. The van der Waals surface area contributed by atoms with Gasteiger partial charge in [0.15, 0.2) is 0 Å². The summed E-state index contributed by atoms with van der Waals surface area (Å²) >= 11 is 0. The molecule has 34 heavy (non-hydrogen) atoms. The first-order valence-electron chi connectivity index (χ1n) is 10.4. The topological polar surface area (TPSA) is 76.0 Å². The number of hydrogen-bond donors (Lipinski definition) is 2. The molecule has 3 aromatic carbocycles. The van der Waals surface area contributed by atoms with E-state index in [9.17, 15) is 18.4 Å². The summed E-state index contributed by atoms with van der Waals surface area (Å²) in [4.78, 5) is 25.9. The molecular formula is C26H20F2N4O2. The first-order chi connectivity index (χ1) is 16.5. The Morgan fingerprint density at radius 2 is 1.32 bits per heavy atom. The molecule has 0 fully saturated rings. The van der Waals surface area contributed by atoms with Crippen LogP contribution in [0.25, 0.3) is 6.08 Å². The number of nitrogens with one attached hydrogen (secondary N) is 2. The van der Waals surface area contributed by atoms with E-state index in [1.54, 1.807) is 23.0 Å². The molecule has 0 aliphatic rings.